The molecule has 1 aromatic carbocycles. The monoisotopic (exact) mass is 357 g/mol. The summed E-state index contributed by atoms with van der Waals surface area (Å²) in [6.45, 7) is 0.937. The molecule has 2 aliphatic rings. The Morgan fingerprint density at radius 3 is 2.08 bits per heavy atom. The Kier molecular flexibility index (Phi) is 6.81. The van der Waals surface area contributed by atoms with E-state index < -0.39 is 0 Å². The molecule has 4 nitrogen and oxygen atoms in total. The van der Waals surface area contributed by atoms with Crippen molar-refractivity contribution in [1.82, 2.24) is 4.90 Å². The van der Waals surface area contributed by atoms with Crippen LogP contribution < -0.4 is 10.2 Å². The number of nitrogens with one attached hydrogen (secondary N) is 1. The number of urea groups is 1. The molecule has 3 rings (SSSR count). The van der Waals surface area contributed by atoms with Gasteiger partial charge in [-0.15, -0.1) is 0 Å². The Morgan fingerprint density at radius 2 is 1.50 bits per heavy atom. The first-order valence-electron chi connectivity index (χ1n) is 10.5. The predicted octanol–water partition coefficient (Wildman–Crippen LogP) is 5.50. The van der Waals surface area contributed by atoms with Crippen LogP contribution in [0.1, 0.15) is 64.2 Å². The van der Waals surface area contributed by atoms with E-state index in [-0.39, 0.29) is 6.03 Å². The van der Waals surface area contributed by atoms with E-state index >= 15 is 0 Å². The highest BCUT2D eigenvalue weighted by molar-refractivity contribution is 5.89. The summed E-state index contributed by atoms with van der Waals surface area (Å²) in [5, 5.41) is 3.16. The molecule has 1 aromatic rings. The van der Waals surface area contributed by atoms with E-state index in [1.54, 1.807) is 0 Å². The highest BCUT2D eigenvalue weighted by atomic mass is 16.2. The van der Waals surface area contributed by atoms with Gasteiger partial charge in [-0.2, -0.15) is 0 Å². The summed E-state index contributed by atoms with van der Waals surface area (Å²) in [5.41, 5.74) is 2.04. The summed E-state index contributed by atoms with van der Waals surface area (Å²) in [6, 6.07) is 8.65. The highest BCUT2D eigenvalue weighted by Crippen LogP contribution is 2.29. The number of rotatable bonds is 5. The highest BCUT2D eigenvalue weighted by Gasteiger charge is 2.28. The molecule has 4 heteroatoms. The molecule has 1 N–H and O–H groups in total. The van der Waals surface area contributed by atoms with E-state index in [1.165, 1.54) is 64.2 Å². The molecule has 0 saturated heterocycles. The average molecular weight is 358 g/mol. The normalized spacial score (nSPS) is 19.2. The molecule has 0 radical (unpaired) electrons. The van der Waals surface area contributed by atoms with Crippen LogP contribution in [0, 0.1) is 5.92 Å². The molecule has 0 atom stereocenters. The third-order valence-corrected chi connectivity index (χ3v) is 6.09. The van der Waals surface area contributed by atoms with Crippen LogP contribution in [-0.4, -0.2) is 37.6 Å². The number of carbonyl (C=O) groups is 1. The minimum Gasteiger partial charge on any atom is -0.378 e. The maximum atomic E-state index is 13.1. The summed E-state index contributed by atoms with van der Waals surface area (Å²) in [4.78, 5) is 17.4. The zero-order chi connectivity index (χ0) is 18.4. The quantitative estimate of drug-likeness (QED) is 0.755. The van der Waals surface area contributed by atoms with Crippen LogP contribution in [0.4, 0.5) is 16.2 Å². The molecular weight excluding hydrogens is 322 g/mol. The van der Waals surface area contributed by atoms with Gasteiger partial charge in [-0.3, -0.25) is 0 Å². The number of hydrogen-bond acceptors (Lipinski definition) is 2. The van der Waals surface area contributed by atoms with E-state index in [0.717, 1.165) is 17.9 Å². The summed E-state index contributed by atoms with van der Waals surface area (Å²) in [5.74, 6) is 0.688. The second-order valence-electron chi connectivity index (χ2n) is 8.32. The van der Waals surface area contributed by atoms with Crippen molar-refractivity contribution in [1.29, 1.82) is 0 Å². The number of hydrogen-bond donors (Lipinski definition) is 1. The van der Waals surface area contributed by atoms with Crippen molar-refractivity contribution in [3.63, 3.8) is 0 Å². The zero-order valence-corrected chi connectivity index (χ0v) is 16.5. The number of amides is 2. The molecule has 2 fully saturated rings. The fourth-order valence-corrected chi connectivity index (χ4v) is 4.48. The van der Waals surface area contributed by atoms with Gasteiger partial charge in [-0.25, -0.2) is 4.79 Å². The van der Waals surface area contributed by atoms with E-state index in [1.807, 2.05) is 26.2 Å². The Hall–Kier alpha value is -1.71. The summed E-state index contributed by atoms with van der Waals surface area (Å²) < 4.78 is 0. The molecule has 0 aliphatic heterocycles. The van der Waals surface area contributed by atoms with E-state index in [9.17, 15) is 4.79 Å². The van der Waals surface area contributed by atoms with Gasteiger partial charge < -0.3 is 15.1 Å². The van der Waals surface area contributed by atoms with Crippen LogP contribution in [0.2, 0.25) is 0 Å². The minimum atomic E-state index is 0.0973. The Bertz CT molecular complexity index is 557. The van der Waals surface area contributed by atoms with Crippen LogP contribution >= 0.6 is 0 Å². The summed E-state index contributed by atoms with van der Waals surface area (Å²) >= 11 is 0. The molecule has 0 aromatic heterocycles. The van der Waals surface area contributed by atoms with Gasteiger partial charge in [0.05, 0.1) is 0 Å². The van der Waals surface area contributed by atoms with Gasteiger partial charge in [0.2, 0.25) is 0 Å². The summed E-state index contributed by atoms with van der Waals surface area (Å²) in [6.07, 6.45) is 12.8. The van der Waals surface area contributed by atoms with E-state index in [4.69, 9.17) is 0 Å². The van der Waals surface area contributed by atoms with Gasteiger partial charge >= 0.3 is 6.03 Å². The molecule has 2 amide bonds. The van der Waals surface area contributed by atoms with Crippen molar-refractivity contribution >= 4 is 17.4 Å². The molecule has 0 unspecified atom stereocenters. The lowest BCUT2D eigenvalue weighted by molar-refractivity contribution is 0.143. The number of nitrogens with zero attached hydrogens (tertiary/aromatic N) is 2. The topological polar surface area (TPSA) is 35.6 Å². The second kappa shape index (κ2) is 9.29. The van der Waals surface area contributed by atoms with Crippen molar-refractivity contribution in [3.05, 3.63) is 24.3 Å². The third-order valence-electron chi connectivity index (χ3n) is 6.09. The van der Waals surface area contributed by atoms with Gasteiger partial charge in [0.15, 0.2) is 0 Å². The Balaban J connectivity index is 1.66. The third kappa shape index (κ3) is 5.15. The lowest BCUT2D eigenvalue weighted by atomic mass is 9.87. The van der Waals surface area contributed by atoms with Gasteiger partial charge in [0.1, 0.15) is 0 Å². The summed E-state index contributed by atoms with van der Waals surface area (Å²) in [7, 11) is 4.06. The van der Waals surface area contributed by atoms with Crippen molar-refractivity contribution in [2.45, 2.75) is 70.3 Å². The number of anilines is 2. The maximum absolute atomic E-state index is 13.1. The first kappa shape index (κ1) is 19.1. The van der Waals surface area contributed by atoms with Crippen molar-refractivity contribution in [3.8, 4) is 0 Å². The van der Waals surface area contributed by atoms with Crippen LogP contribution in [0.5, 0.6) is 0 Å². The van der Waals surface area contributed by atoms with Crippen molar-refractivity contribution in [2.75, 3.05) is 30.9 Å². The first-order chi connectivity index (χ1) is 12.6. The molecular formula is C22H35N3O. The smallest absolute Gasteiger partial charge is 0.322 e. The van der Waals surface area contributed by atoms with Crippen LogP contribution in [0.25, 0.3) is 0 Å². The largest absolute Gasteiger partial charge is 0.378 e. The standard InChI is InChI=1S/C22H35N3O/c1-24(2)20-15-13-19(14-16-20)23-22(26)25(21-11-7-4-8-12-21)17-18-9-5-3-6-10-18/h13-16,18,21H,3-12,17H2,1-2H3,(H,23,26). The van der Waals surface area contributed by atoms with E-state index in [2.05, 4.69) is 27.2 Å². The lowest BCUT2D eigenvalue weighted by Gasteiger charge is -2.37. The average Bonchev–Trinajstić information content (AvgIpc) is 2.68. The van der Waals surface area contributed by atoms with Gasteiger partial charge in [0, 0.05) is 38.1 Å². The molecule has 2 aliphatic carbocycles. The fourth-order valence-electron chi connectivity index (χ4n) is 4.48. The van der Waals surface area contributed by atoms with Crippen molar-refractivity contribution in [2.24, 2.45) is 5.92 Å². The zero-order valence-electron chi connectivity index (χ0n) is 16.5. The molecule has 0 bridgehead atoms. The SMILES string of the molecule is CN(C)c1ccc(NC(=O)N(CC2CCCCC2)C2CCCCC2)cc1. The lowest BCUT2D eigenvalue weighted by Crippen LogP contribution is -2.46. The second-order valence-corrected chi connectivity index (χ2v) is 8.32. The fraction of sp³-hybridized carbons (Fsp3) is 0.682. The van der Waals surface area contributed by atoms with Gasteiger partial charge in [0.25, 0.3) is 0 Å². The van der Waals surface area contributed by atoms with Crippen LogP contribution in [0.15, 0.2) is 24.3 Å². The molecule has 0 spiro atoms. The van der Waals surface area contributed by atoms with Crippen molar-refractivity contribution < 1.29 is 4.79 Å². The van der Waals surface area contributed by atoms with Gasteiger partial charge in [-0.1, -0.05) is 38.5 Å². The van der Waals surface area contributed by atoms with Crippen LogP contribution in [0.3, 0.4) is 0 Å². The molecule has 0 heterocycles. The minimum absolute atomic E-state index is 0.0973. The van der Waals surface area contributed by atoms with E-state index in [0.29, 0.717) is 12.0 Å². The molecule has 26 heavy (non-hydrogen) atoms. The van der Waals surface area contributed by atoms with Gasteiger partial charge in [-0.05, 0) is 55.9 Å². The number of carbonyl (C=O) groups excluding carboxylic acids is 1. The van der Waals surface area contributed by atoms with Crippen LogP contribution in [-0.2, 0) is 0 Å². The predicted molar refractivity (Wildman–Crippen MR) is 110 cm³/mol. The number of benzene rings is 1. The molecule has 144 valence electrons. The Morgan fingerprint density at radius 1 is 0.923 bits per heavy atom. The first-order valence-corrected chi connectivity index (χ1v) is 10.5. The Labute approximate surface area is 158 Å². The molecule has 2 saturated carbocycles. The maximum Gasteiger partial charge on any atom is 0.322 e.